The van der Waals surface area contributed by atoms with Gasteiger partial charge in [-0.25, -0.2) is 9.67 Å². The Kier molecular flexibility index (Phi) is 6.32. The molecule has 9 heteroatoms. The van der Waals surface area contributed by atoms with Gasteiger partial charge in [-0.15, -0.1) is 5.10 Å². The van der Waals surface area contributed by atoms with Crippen LogP contribution in [0.5, 0.6) is 0 Å². The molecular formula is C21H22Cl2N6O. The van der Waals surface area contributed by atoms with Crippen LogP contribution in [0.4, 0.5) is 0 Å². The second-order valence-corrected chi connectivity index (χ2v) is 7.93. The maximum absolute atomic E-state index is 13.0. The molecule has 1 amide bonds. The number of aromatic nitrogens is 4. The summed E-state index contributed by atoms with van der Waals surface area (Å²) >= 11 is 12.7. The van der Waals surface area contributed by atoms with E-state index in [9.17, 15) is 4.79 Å². The first-order chi connectivity index (χ1) is 14.6. The zero-order valence-corrected chi connectivity index (χ0v) is 18.1. The fourth-order valence-corrected chi connectivity index (χ4v) is 4.09. The fourth-order valence-electron chi connectivity index (χ4n) is 3.53. The molecule has 0 bridgehead atoms. The molecule has 1 aromatic carbocycles. The topological polar surface area (TPSA) is 67.2 Å². The number of pyridine rings is 1. The van der Waals surface area contributed by atoms with Crippen molar-refractivity contribution in [1.82, 2.24) is 29.5 Å². The Balaban J connectivity index is 1.47. The van der Waals surface area contributed by atoms with Crippen LogP contribution in [0.15, 0.2) is 42.7 Å². The summed E-state index contributed by atoms with van der Waals surface area (Å²) in [5, 5.41) is 5.39. The largest absolute Gasteiger partial charge is 0.333 e. The van der Waals surface area contributed by atoms with Crippen molar-refractivity contribution in [2.75, 3.05) is 26.2 Å². The first kappa shape index (κ1) is 20.8. The van der Waals surface area contributed by atoms with E-state index in [2.05, 4.69) is 20.0 Å². The number of amides is 1. The van der Waals surface area contributed by atoms with Crippen LogP contribution >= 0.6 is 23.2 Å². The summed E-state index contributed by atoms with van der Waals surface area (Å²) < 4.78 is 1.58. The number of piperazine rings is 1. The maximum atomic E-state index is 13.0. The number of hydrogen-bond donors (Lipinski definition) is 0. The zero-order chi connectivity index (χ0) is 21.1. The van der Waals surface area contributed by atoms with Crippen molar-refractivity contribution >= 4 is 29.1 Å². The minimum absolute atomic E-state index is 0.171. The average molecular weight is 445 g/mol. The zero-order valence-electron chi connectivity index (χ0n) is 16.6. The lowest BCUT2D eigenvalue weighted by atomic mass is 10.2. The molecule has 3 aromatic rings. The SMILES string of the molecule is CCc1nc(C(=O)N2CCN(Cc3ccncc3)CC2)nn1-c1c(Cl)cccc1Cl. The highest BCUT2D eigenvalue weighted by Gasteiger charge is 2.26. The molecule has 1 aliphatic rings. The highest BCUT2D eigenvalue weighted by atomic mass is 35.5. The number of carbonyl (C=O) groups excluding carboxylic acids is 1. The number of nitrogens with zero attached hydrogens (tertiary/aromatic N) is 6. The van der Waals surface area contributed by atoms with Crippen LogP contribution < -0.4 is 0 Å². The lowest BCUT2D eigenvalue weighted by molar-refractivity contribution is 0.0616. The first-order valence-corrected chi connectivity index (χ1v) is 10.6. The van der Waals surface area contributed by atoms with E-state index in [-0.39, 0.29) is 11.7 Å². The molecule has 0 unspecified atom stereocenters. The van der Waals surface area contributed by atoms with Gasteiger partial charge in [0.15, 0.2) is 0 Å². The maximum Gasteiger partial charge on any atom is 0.293 e. The number of rotatable bonds is 5. The van der Waals surface area contributed by atoms with Crippen LogP contribution in [0.3, 0.4) is 0 Å². The average Bonchev–Trinajstić information content (AvgIpc) is 3.18. The van der Waals surface area contributed by atoms with E-state index in [0.717, 1.165) is 19.6 Å². The van der Waals surface area contributed by atoms with Crippen molar-refractivity contribution in [2.24, 2.45) is 0 Å². The molecule has 1 fully saturated rings. The minimum atomic E-state index is -0.171. The van der Waals surface area contributed by atoms with Crippen LogP contribution in [0.25, 0.3) is 5.69 Å². The van der Waals surface area contributed by atoms with E-state index < -0.39 is 0 Å². The van der Waals surface area contributed by atoms with Crippen molar-refractivity contribution in [3.05, 3.63) is 70.0 Å². The Hall–Kier alpha value is -2.48. The second kappa shape index (κ2) is 9.12. The predicted octanol–water partition coefficient (Wildman–Crippen LogP) is 3.49. The van der Waals surface area contributed by atoms with Crippen molar-refractivity contribution in [1.29, 1.82) is 0 Å². The number of halogens is 2. The monoisotopic (exact) mass is 444 g/mol. The third-order valence-corrected chi connectivity index (χ3v) is 5.76. The van der Waals surface area contributed by atoms with Crippen molar-refractivity contribution in [3.63, 3.8) is 0 Å². The molecule has 0 saturated carbocycles. The van der Waals surface area contributed by atoms with Crippen molar-refractivity contribution < 1.29 is 4.79 Å². The summed E-state index contributed by atoms with van der Waals surface area (Å²) in [6.07, 6.45) is 4.20. The molecule has 156 valence electrons. The normalized spacial score (nSPS) is 14.8. The minimum Gasteiger partial charge on any atom is -0.333 e. The van der Waals surface area contributed by atoms with Gasteiger partial charge in [0.05, 0.1) is 10.0 Å². The third-order valence-electron chi connectivity index (χ3n) is 5.15. The molecule has 0 radical (unpaired) electrons. The molecule has 0 aliphatic carbocycles. The summed E-state index contributed by atoms with van der Waals surface area (Å²) in [6.45, 7) is 5.66. The Morgan fingerprint density at radius 1 is 1.03 bits per heavy atom. The number of aryl methyl sites for hydroxylation is 1. The van der Waals surface area contributed by atoms with Gasteiger partial charge in [-0.05, 0) is 29.8 Å². The van der Waals surface area contributed by atoms with Crippen molar-refractivity contribution in [3.8, 4) is 5.69 Å². The van der Waals surface area contributed by atoms with Gasteiger partial charge < -0.3 is 4.90 Å². The van der Waals surface area contributed by atoms with Gasteiger partial charge in [-0.1, -0.05) is 36.2 Å². The van der Waals surface area contributed by atoms with Gasteiger partial charge in [0.1, 0.15) is 11.5 Å². The first-order valence-electron chi connectivity index (χ1n) is 9.87. The summed E-state index contributed by atoms with van der Waals surface area (Å²) in [5.41, 5.74) is 1.76. The molecule has 0 atom stereocenters. The lowest BCUT2D eigenvalue weighted by Crippen LogP contribution is -2.48. The summed E-state index contributed by atoms with van der Waals surface area (Å²) in [6, 6.07) is 9.29. The van der Waals surface area contributed by atoms with Crippen LogP contribution in [0.2, 0.25) is 10.0 Å². The number of para-hydroxylation sites is 1. The van der Waals surface area contributed by atoms with Gasteiger partial charge >= 0.3 is 0 Å². The van der Waals surface area contributed by atoms with E-state index in [1.54, 1.807) is 40.2 Å². The second-order valence-electron chi connectivity index (χ2n) is 7.11. The van der Waals surface area contributed by atoms with Crippen molar-refractivity contribution in [2.45, 2.75) is 19.9 Å². The standard InChI is InChI=1S/C21H22Cl2N6O/c1-2-18-25-20(26-29(18)19-16(22)4-3-5-17(19)23)21(30)28-12-10-27(11-13-28)14-15-6-8-24-9-7-15/h3-9H,2,10-14H2,1H3. The van der Waals surface area contributed by atoms with Gasteiger partial charge in [0.25, 0.3) is 5.91 Å². The molecule has 1 saturated heterocycles. The highest BCUT2D eigenvalue weighted by molar-refractivity contribution is 6.37. The fraction of sp³-hybridized carbons (Fsp3) is 0.333. The molecule has 0 spiro atoms. The van der Waals surface area contributed by atoms with Gasteiger partial charge in [0, 0.05) is 51.5 Å². The summed E-state index contributed by atoms with van der Waals surface area (Å²) in [7, 11) is 0. The van der Waals surface area contributed by atoms with Crippen LogP contribution in [0.1, 0.15) is 28.9 Å². The van der Waals surface area contributed by atoms with Crippen LogP contribution in [-0.4, -0.2) is 61.6 Å². The number of benzene rings is 1. The Morgan fingerprint density at radius 2 is 1.70 bits per heavy atom. The molecule has 2 aromatic heterocycles. The molecule has 0 N–H and O–H groups in total. The Bertz CT molecular complexity index is 1010. The van der Waals surface area contributed by atoms with Gasteiger partial charge in [0.2, 0.25) is 5.82 Å². The van der Waals surface area contributed by atoms with E-state index in [1.165, 1.54) is 5.56 Å². The third kappa shape index (κ3) is 4.33. The molecule has 7 nitrogen and oxygen atoms in total. The van der Waals surface area contributed by atoms with Gasteiger partial charge in [-0.2, -0.15) is 0 Å². The summed E-state index contributed by atoms with van der Waals surface area (Å²) in [5.74, 6) is 0.644. The van der Waals surface area contributed by atoms with Gasteiger partial charge in [-0.3, -0.25) is 14.7 Å². The van der Waals surface area contributed by atoms with Crippen LogP contribution in [-0.2, 0) is 13.0 Å². The molecule has 4 rings (SSSR count). The van der Waals surface area contributed by atoms with E-state index in [4.69, 9.17) is 23.2 Å². The Labute approximate surface area is 185 Å². The molecular weight excluding hydrogens is 423 g/mol. The summed E-state index contributed by atoms with van der Waals surface area (Å²) in [4.78, 5) is 25.7. The number of carbonyl (C=O) groups is 1. The number of hydrogen-bond acceptors (Lipinski definition) is 5. The molecule has 3 heterocycles. The van der Waals surface area contributed by atoms with Crippen LogP contribution in [0, 0.1) is 0 Å². The Morgan fingerprint density at radius 3 is 2.33 bits per heavy atom. The lowest BCUT2D eigenvalue weighted by Gasteiger charge is -2.34. The van der Waals surface area contributed by atoms with E-state index >= 15 is 0 Å². The smallest absolute Gasteiger partial charge is 0.293 e. The highest BCUT2D eigenvalue weighted by Crippen LogP contribution is 2.29. The van der Waals surface area contributed by atoms with E-state index in [0.29, 0.717) is 41.1 Å². The molecule has 1 aliphatic heterocycles. The predicted molar refractivity (Wildman–Crippen MR) is 116 cm³/mol. The van der Waals surface area contributed by atoms with E-state index in [1.807, 2.05) is 19.1 Å². The molecule has 30 heavy (non-hydrogen) atoms. The quantitative estimate of drug-likeness (QED) is 0.602.